The van der Waals surface area contributed by atoms with Gasteiger partial charge in [-0.25, -0.2) is 4.98 Å². The second-order valence-corrected chi connectivity index (χ2v) is 4.99. The van der Waals surface area contributed by atoms with Gasteiger partial charge in [-0.15, -0.1) is 0 Å². The number of aromatic nitrogens is 2. The molecular formula is C13H19N3O2. The van der Waals surface area contributed by atoms with E-state index >= 15 is 0 Å². The van der Waals surface area contributed by atoms with Crippen molar-refractivity contribution >= 4 is 5.95 Å². The quantitative estimate of drug-likeness (QED) is 0.797. The SMILES string of the molecule is COc1ccnc(N2CCCC23CCOCC3)n1. The molecule has 0 bridgehead atoms. The lowest BCUT2D eigenvalue weighted by Crippen LogP contribution is -2.48. The van der Waals surface area contributed by atoms with Crippen LogP contribution in [-0.4, -0.2) is 42.4 Å². The highest BCUT2D eigenvalue weighted by Crippen LogP contribution is 2.39. The van der Waals surface area contributed by atoms with Crippen molar-refractivity contribution in [2.24, 2.45) is 0 Å². The van der Waals surface area contributed by atoms with Crippen LogP contribution in [0.1, 0.15) is 25.7 Å². The van der Waals surface area contributed by atoms with Crippen LogP contribution in [0.3, 0.4) is 0 Å². The molecule has 2 aliphatic heterocycles. The van der Waals surface area contributed by atoms with E-state index in [9.17, 15) is 0 Å². The van der Waals surface area contributed by atoms with Crippen molar-refractivity contribution in [3.05, 3.63) is 12.3 Å². The topological polar surface area (TPSA) is 47.5 Å². The summed E-state index contributed by atoms with van der Waals surface area (Å²) in [4.78, 5) is 11.2. The van der Waals surface area contributed by atoms with E-state index in [1.54, 1.807) is 19.4 Å². The lowest BCUT2D eigenvalue weighted by molar-refractivity contribution is 0.0541. The molecule has 5 heteroatoms. The molecule has 0 saturated carbocycles. The molecule has 0 aromatic carbocycles. The fourth-order valence-electron chi connectivity index (χ4n) is 3.10. The third-order valence-corrected chi connectivity index (χ3v) is 4.09. The normalized spacial score (nSPS) is 22.4. The van der Waals surface area contributed by atoms with Gasteiger partial charge in [-0.1, -0.05) is 0 Å². The van der Waals surface area contributed by atoms with Gasteiger partial charge >= 0.3 is 0 Å². The highest BCUT2D eigenvalue weighted by atomic mass is 16.5. The van der Waals surface area contributed by atoms with Gasteiger partial charge in [0, 0.05) is 37.6 Å². The Balaban J connectivity index is 1.89. The van der Waals surface area contributed by atoms with Crippen LogP contribution in [0.5, 0.6) is 5.88 Å². The third kappa shape index (κ3) is 1.92. The molecule has 0 unspecified atom stereocenters. The maximum Gasteiger partial charge on any atom is 0.229 e. The zero-order chi connectivity index (χ0) is 12.4. The van der Waals surface area contributed by atoms with Gasteiger partial charge in [0.05, 0.1) is 7.11 Å². The van der Waals surface area contributed by atoms with Gasteiger partial charge < -0.3 is 14.4 Å². The number of rotatable bonds is 2. The fraction of sp³-hybridized carbons (Fsp3) is 0.692. The first-order valence-corrected chi connectivity index (χ1v) is 6.56. The van der Waals surface area contributed by atoms with E-state index < -0.39 is 0 Å². The van der Waals surface area contributed by atoms with Crippen LogP contribution in [0, 0.1) is 0 Å². The second kappa shape index (κ2) is 4.72. The lowest BCUT2D eigenvalue weighted by Gasteiger charge is -2.41. The molecule has 0 aliphatic carbocycles. The Hall–Kier alpha value is -1.36. The van der Waals surface area contributed by atoms with E-state index in [4.69, 9.17) is 9.47 Å². The van der Waals surface area contributed by atoms with Crippen molar-refractivity contribution in [2.75, 3.05) is 31.8 Å². The van der Waals surface area contributed by atoms with E-state index in [0.717, 1.165) is 38.5 Å². The Labute approximate surface area is 107 Å². The lowest BCUT2D eigenvalue weighted by atomic mass is 9.87. The van der Waals surface area contributed by atoms with Gasteiger partial charge in [-0.05, 0) is 25.7 Å². The summed E-state index contributed by atoms with van der Waals surface area (Å²) in [6.45, 7) is 2.73. The summed E-state index contributed by atoms with van der Waals surface area (Å²) in [7, 11) is 1.64. The number of hydrogen-bond donors (Lipinski definition) is 0. The van der Waals surface area contributed by atoms with E-state index in [1.165, 1.54) is 12.8 Å². The van der Waals surface area contributed by atoms with Gasteiger partial charge in [-0.3, -0.25) is 0 Å². The average Bonchev–Trinajstić information content (AvgIpc) is 2.83. The summed E-state index contributed by atoms with van der Waals surface area (Å²) >= 11 is 0. The predicted molar refractivity (Wildman–Crippen MR) is 67.9 cm³/mol. The van der Waals surface area contributed by atoms with E-state index in [-0.39, 0.29) is 5.54 Å². The molecule has 0 amide bonds. The first-order chi connectivity index (χ1) is 8.84. The molecule has 3 heterocycles. The average molecular weight is 249 g/mol. The summed E-state index contributed by atoms with van der Waals surface area (Å²) in [6.07, 6.45) is 6.35. The van der Waals surface area contributed by atoms with E-state index in [2.05, 4.69) is 14.9 Å². The summed E-state index contributed by atoms with van der Waals surface area (Å²) in [6, 6.07) is 1.79. The second-order valence-electron chi connectivity index (χ2n) is 4.99. The smallest absolute Gasteiger partial charge is 0.229 e. The molecule has 2 fully saturated rings. The highest BCUT2D eigenvalue weighted by molar-refractivity contribution is 5.39. The van der Waals surface area contributed by atoms with Crippen molar-refractivity contribution in [1.29, 1.82) is 0 Å². The summed E-state index contributed by atoms with van der Waals surface area (Å²) < 4.78 is 10.7. The molecule has 0 N–H and O–H groups in total. The molecule has 0 radical (unpaired) electrons. The van der Waals surface area contributed by atoms with Crippen molar-refractivity contribution in [1.82, 2.24) is 9.97 Å². The summed E-state index contributed by atoms with van der Waals surface area (Å²) in [5.41, 5.74) is 0.213. The minimum atomic E-state index is 0.213. The Morgan fingerprint density at radius 2 is 2.17 bits per heavy atom. The van der Waals surface area contributed by atoms with Crippen LogP contribution in [0.25, 0.3) is 0 Å². The minimum Gasteiger partial charge on any atom is -0.481 e. The first kappa shape index (κ1) is 11.7. The Morgan fingerprint density at radius 1 is 1.33 bits per heavy atom. The molecule has 98 valence electrons. The molecule has 1 aromatic heterocycles. The number of hydrogen-bond acceptors (Lipinski definition) is 5. The predicted octanol–water partition coefficient (Wildman–Crippen LogP) is 1.63. The van der Waals surface area contributed by atoms with Gasteiger partial charge in [0.2, 0.25) is 11.8 Å². The fourth-order valence-corrected chi connectivity index (χ4v) is 3.10. The number of anilines is 1. The molecule has 0 atom stereocenters. The third-order valence-electron chi connectivity index (χ3n) is 4.09. The number of nitrogens with zero attached hydrogens (tertiary/aromatic N) is 3. The van der Waals surface area contributed by atoms with Crippen LogP contribution in [0.15, 0.2) is 12.3 Å². The molecule has 5 nitrogen and oxygen atoms in total. The van der Waals surface area contributed by atoms with Gasteiger partial charge in [0.1, 0.15) is 0 Å². The molecular weight excluding hydrogens is 230 g/mol. The van der Waals surface area contributed by atoms with Gasteiger partial charge in [-0.2, -0.15) is 4.98 Å². The number of methoxy groups -OCH3 is 1. The maximum atomic E-state index is 5.49. The zero-order valence-corrected chi connectivity index (χ0v) is 10.8. The molecule has 2 aliphatic rings. The Kier molecular flexibility index (Phi) is 3.07. The van der Waals surface area contributed by atoms with Crippen molar-refractivity contribution < 1.29 is 9.47 Å². The zero-order valence-electron chi connectivity index (χ0n) is 10.8. The van der Waals surface area contributed by atoms with Crippen LogP contribution < -0.4 is 9.64 Å². The molecule has 2 saturated heterocycles. The Morgan fingerprint density at radius 3 is 2.94 bits per heavy atom. The van der Waals surface area contributed by atoms with E-state index in [0.29, 0.717) is 5.88 Å². The van der Waals surface area contributed by atoms with Crippen LogP contribution >= 0.6 is 0 Å². The largest absolute Gasteiger partial charge is 0.481 e. The monoisotopic (exact) mass is 249 g/mol. The minimum absolute atomic E-state index is 0.213. The van der Waals surface area contributed by atoms with E-state index in [1.807, 2.05) is 0 Å². The van der Waals surface area contributed by atoms with Crippen molar-refractivity contribution in [3.63, 3.8) is 0 Å². The standard InChI is InChI=1S/C13H19N3O2/c1-17-11-3-7-14-12(15-11)16-8-2-4-13(16)5-9-18-10-6-13/h3,7H,2,4-6,8-10H2,1H3. The van der Waals surface area contributed by atoms with Crippen LogP contribution in [0.2, 0.25) is 0 Å². The molecule has 3 rings (SSSR count). The van der Waals surface area contributed by atoms with Gasteiger partial charge in [0.15, 0.2) is 0 Å². The summed E-state index contributed by atoms with van der Waals surface area (Å²) in [5, 5.41) is 0. The number of ether oxygens (including phenoxy) is 2. The van der Waals surface area contributed by atoms with Crippen LogP contribution in [-0.2, 0) is 4.74 Å². The first-order valence-electron chi connectivity index (χ1n) is 6.56. The van der Waals surface area contributed by atoms with Gasteiger partial charge in [0.25, 0.3) is 0 Å². The molecule has 1 spiro atoms. The van der Waals surface area contributed by atoms with Crippen molar-refractivity contribution in [2.45, 2.75) is 31.2 Å². The molecule has 1 aromatic rings. The van der Waals surface area contributed by atoms with Crippen molar-refractivity contribution in [3.8, 4) is 5.88 Å². The maximum absolute atomic E-state index is 5.49. The molecule has 18 heavy (non-hydrogen) atoms. The van der Waals surface area contributed by atoms with Crippen LogP contribution in [0.4, 0.5) is 5.95 Å². The Bertz CT molecular complexity index is 418. The highest BCUT2D eigenvalue weighted by Gasteiger charge is 2.43. The summed E-state index contributed by atoms with van der Waals surface area (Å²) in [5.74, 6) is 1.43.